The normalized spacial score (nSPS) is 11.0. The van der Waals surface area contributed by atoms with E-state index in [9.17, 15) is 9.59 Å². The largest absolute Gasteiger partial charge is 0.357 e. The average Bonchev–Trinajstić information content (AvgIpc) is 2.56. The molecule has 0 spiro atoms. The Labute approximate surface area is 147 Å². The lowest BCUT2D eigenvalue weighted by Gasteiger charge is -2.24. The highest BCUT2D eigenvalue weighted by molar-refractivity contribution is 7.99. The molecule has 0 aliphatic heterocycles. The molecule has 2 rings (SSSR count). The van der Waals surface area contributed by atoms with Crippen molar-refractivity contribution in [3.05, 3.63) is 59.7 Å². The maximum absolute atomic E-state index is 12.7. The molecule has 0 atom stereocenters. The fraction of sp³-hybridized carbons (Fsp3) is 0.263. The highest BCUT2D eigenvalue weighted by atomic mass is 32.2. The van der Waals surface area contributed by atoms with Crippen LogP contribution in [-0.4, -0.2) is 24.4 Å². The number of hydrogen-bond acceptors (Lipinski definition) is 3. The van der Waals surface area contributed by atoms with Crippen molar-refractivity contribution in [1.82, 2.24) is 10.6 Å². The van der Waals surface area contributed by atoms with E-state index in [1.807, 2.05) is 55.5 Å². The maximum atomic E-state index is 12.7. The van der Waals surface area contributed by atoms with Crippen LogP contribution in [0.5, 0.6) is 0 Å². The molecular formula is C19H22N2O2S. The van der Waals surface area contributed by atoms with E-state index >= 15 is 0 Å². The zero-order valence-electron chi connectivity index (χ0n) is 14.3. The summed E-state index contributed by atoms with van der Waals surface area (Å²) in [6.45, 7) is 5.31. The summed E-state index contributed by atoms with van der Waals surface area (Å²) in [6.07, 6.45) is 0. The second kappa shape index (κ2) is 7.53. The Hall–Kier alpha value is -2.27. The molecule has 0 saturated heterocycles. The van der Waals surface area contributed by atoms with Gasteiger partial charge in [0, 0.05) is 16.8 Å². The molecule has 2 aromatic carbocycles. The van der Waals surface area contributed by atoms with Crippen LogP contribution in [0.3, 0.4) is 0 Å². The molecule has 2 amide bonds. The molecular weight excluding hydrogens is 320 g/mol. The zero-order valence-corrected chi connectivity index (χ0v) is 15.2. The number of rotatable bonds is 5. The van der Waals surface area contributed by atoms with E-state index in [2.05, 4.69) is 10.6 Å². The molecule has 0 heterocycles. The molecule has 0 unspecified atom stereocenters. The van der Waals surface area contributed by atoms with Gasteiger partial charge in [-0.25, -0.2) is 0 Å². The summed E-state index contributed by atoms with van der Waals surface area (Å²) in [5, 5.41) is 5.38. The van der Waals surface area contributed by atoms with Crippen LogP contribution in [0, 0.1) is 6.92 Å². The summed E-state index contributed by atoms with van der Waals surface area (Å²) < 4.78 is 0. The van der Waals surface area contributed by atoms with Gasteiger partial charge in [0.05, 0.1) is 5.56 Å². The summed E-state index contributed by atoms with van der Waals surface area (Å²) in [5.41, 5.74) is 0.584. The number of amides is 2. The van der Waals surface area contributed by atoms with Crippen LogP contribution in [0.25, 0.3) is 0 Å². The molecule has 2 aromatic rings. The van der Waals surface area contributed by atoms with Crippen molar-refractivity contribution in [2.24, 2.45) is 0 Å². The molecule has 5 heteroatoms. The quantitative estimate of drug-likeness (QED) is 0.875. The summed E-state index contributed by atoms with van der Waals surface area (Å²) in [4.78, 5) is 26.6. The van der Waals surface area contributed by atoms with Crippen LogP contribution >= 0.6 is 11.8 Å². The third-order valence-electron chi connectivity index (χ3n) is 3.57. The van der Waals surface area contributed by atoms with Gasteiger partial charge < -0.3 is 10.6 Å². The van der Waals surface area contributed by atoms with E-state index in [-0.39, 0.29) is 11.8 Å². The standard InChI is InChI=1S/C19H22N2O2S/c1-13-10-11-16(24-14-8-6-5-7-9-14)15(12-13)17(22)21-19(2,3)18(23)20-4/h5-12H,1-4H3,(H,20,23)(H,21,22). The Bertz CT molecular complexity index is 742. The van der Waals surface area contributed by atoms with Gasteiger partial charge >= 0.3 is 0 Å². The summed E-state index contributed by atoms with van der Waals surface area (Å²) in [6, 6.07) is 15.7. The Morgan fingerprint density at radius 2 is 1.71 bits per heavy atom. The molecule has 126 valence electrons. The molecule has 24 heavy (non-hydrogen) atoms. The van der Waals surface area contributed by atoms with Crippen LogP contribution in [0.2, 0.25) is 0 Å². The number of aryl methyl sites for hydroxylation is 1. The third-order valence-corrected chi connectivity index (χ3v) is 4.66. The average molecular weight is 342 g/mol. The minimum Gasteiger partial charge on any atom is -0.357 e. The monoisotopic (exact) mass is 342 g/mol. The van der Waals surface area contributed by atoms with E-state index in [0.717, 1.165) is 15.4 Å². The number of likely N-dealkylation sites (N-methyl/N-ethyl adjacent to an activating group) is 1. The van der Waals surface area contributed by atoms with Crippen molar-refractivity contribution in [1.29, 1.82) is 0 Å². The molecule has 0 bridgehead atoms. The zero-order chi connectivity index (χ0) is 17.7. The highest BCUT2D eigenvalue weighted by Gasteiger charge is 2.29. The highest BCUT2D eigenvalue weighted by Crippen LogP contribution is 2.31. The SMILES string of the molecule is CNC(=O)C(C)(C)NC(=O)c1cc(C)ccc1Sc1ccccc1. The topological polar surface area (TPSA) is 58.2 Å². The fourth-order valence-electron chi connectivity index (χ4n) is 2.25. The van der Waals surface area contributed by atoms with Gasteiger partial charge in [0.2, 0.25) is 5.91 Å². The summed E-state index contributed by atoms with van der Waals surface area (Å²) in [7, 11) is 1.56. The molecule has 2 N–H and O–H groups in total. The lowest BCUT2D eigenvalue weighted by Crippen LogP contribution is -2.54. The molecule has 0 aromatic heterocycles. The van der Waals surface area contributed by atoms with Gasteiger partial charge in [-0.05, 0) is 45.0 Å². The fourth-order valence-corrected chi connectivity index (χ4v) is 3.19. The Morgan fingerprint density at radius 3 is 2.33 bits per heavy atom. The minimum absolute atomic E-state index is 0.235. The number of carbonyl (C=O) groups is 2. The van der Waals surface area contributed by atoms with Gasteiger partial charge in [-0.1, -0.05) is 41.6 Å². The van der Waals surface area contributed by atoms with Gasteiger partial charge in [0.15, 0.2) is 0 Å². The minimum atomic E-state index is -0.982. The third kappa shape index (κ3) is 4.38. The van der Waals surface area contributed by atoms with Gasteiger partial charge in [-0.3, -0.25) is 9.59 Å². The molecule has 0 aliphatic rings. The first-order valence-corrected chi connectivity index (χ1v) is 8.53. The Balaban J connectivity index is 2.30. The Morgan fingerprint density at radius 1 is 1.04 bits per heavy atom. The van der Waals surface area contributed by atoms with Crippen molar-refractivity contribution >= 4 is 23.6 Å². The second-order valence-electron chi connectivity index (χ2n) is 6.07. The first-order valence-electron chi connectivity index (χ1n) is 7.72. The van der Waals surface area contributed by atoms with Gasteiger partial charge in [-0.2, -0.15) is 0 Å². The lowest BCUT2D eigenvalue weighted by atomic mass is 10.0. The predicted octanol–water partition coefficient (Wildman–Crippen LogP) is 3.40. The van der Waals surface area contributed by atoms with E-state index in [1.165, 1.54) is 11.8 Å². The van der Waals surface area contributed by atoms with Crippen LogP contribution in [0.15, 0.2) is 58.3 Å². The Kier molecular flexibility index (Phi) is 5.67. The van der Waals surface area contributed by atoms with Crippen LogP contribution < -0.4 is 10.6 Å². The smallest absolute Gasteiger partial charge is 0.253 e. The maximum Gasteiger partial charge on any atom is 0.253 e. The molecule has 0 fully saturated rings. The van der Waals surface area contributed by atoms with E-state index < -0.39 is 5.54 Å². The summed E-state index contributed by atoms with van der Waals surface area (Å²) >= 11 is 1.53. The van der Waals surface area contributed by atoms with E-state index in [0.29, 0.717) is 5.56 Å². The van der Waals surface area contributed by atoms with Gasteiger partial charge in [-0.15, -0.1) is 0 Å². The first kappa shape index (κ1) is 18.1. The van der Waals surface area contributed by atoms with Crippen molar-refractivity contribution in [3.63, 3.8) is 0 Å². The van der Waals surface area contributed by atoms with Gasteiger partial charge in [0.1, 0.15) is 5.54 Å². The summed E-state index contributed by atoms with van der Waals surface area (Å²) in [5.74, 6) is -0.494. The number of hydrogen-bond donors (Lipinski definition) is 2. The number of carbonyl (C=O) groups excluding carboxylic acids is 2. The first-order chi connectivity index (χ1) is 11.3. The molecule has 0 saturated carbocycles. The van der Waals surface area contributed by atoms with Crippen molar-refractivity contribution < 1.29 is 9.59 Å². The van der Waals surface area contributed by atoms with Gasteiger partial charge in [0.25, 0.3) is 5.91 Å². The van der Waals surface area contributed by atoms with Crippen LogP contribution in [-0.2, 0) is 4.79 Å². The van der Waals surface area contributed by atoms with Crippen molar-refractivity contribution in [3.8, 4) is 0 Å². The predicted molar refractivity (Wildman–Crippen MR) is 97.4 cm³/mol. The molecule has 4 nitrogen and oxygen atoms in total. The van der Waals surface area contributed by atoms with Crippen molar-refractivity contribution in [2.75, 3.05) is 7.05 Å². The van der Waals surface area contributed by atoms with E-state index in [4.69, 9.17) is 0 Å². The van der Waals surface area contributed by atoms with Crippen LogP contribution in [0.4, 0.5) is 0 Å². The lowest BCUT2D eigenvalue weighted by molar-refractivity contribution is -0.125. The molecule has 0 aliphatic carbocycles. The van der Waals surface area contributed by atoms with Crippen molar-refractivity contribution in [2.45, 2.75) is 36.1 Å². The number of nitrogens with one attached hydrogen (secondary N) is 2. The number of benzene rings is 2. The molecule has 0 radical (unpaired) electrons. The van der Waals surface area contributed by atoms with E-state index in [1.54, 1.807) is 20.9 Å². The van der Waals surface area contributed by atoms with Crippen LogP contribution in [0.1, 0.15) is 29.8 Å². The second-order valence-corrected chi connectivity index (χ2v) is 7.19.